The van der Waals surface area contributed by atoms with Crippen LogP contribution in [0.4, 0.5) is 0 Å². The quantitative estimate of drug-likeness (QED) is 0.866. The van der Waals surface area contributed by atoms with E-state index >= 15 is 0 Å². The molecule has 0 heterocycles. The average Bonchev–Trinajstić information content (AvgIpc) is 3.34. The molecule has 0 saturated heterocycles. The summed E-state index contributed by atoms with van der Waals surface area (Å²) in [6.45, 7) is 1.82. The number of nitrogens with zero attached hydrogens (tertiary/aromatic N) is 1. The van der Waals surface area contributed by atoms with Crippen molar-refractivity contribution in [3.8, 4) is 11.8 Å². The SMILES string of the molecule is COc1ccc([C@@H]2[C@H](S(=O)(=O)c3ccc(C)cc3)[C@]2(C#N)C(=O)O)cc1. The number of hydrogen-bond acceptors (Lipinski definition) is 5. The van der Waals surface area contributed by atoms with Crippen LogP contribution in [0.5, 0.6) is 5.75 Å². The second-order valence-electron chi connectivity index (χ2n) is 6.32. The fourth-order valence-electron chi connectivity index (χ4n) is 3.34. The van der Waals surface area contributed by atoms with Crippen LogP contribution in [0.1, 0.15) is 17.0 Å². The summed E-state index contributed by atoms with van der Waals surface area (Å²) >= 11 is 0. The molecule has 2 aromatic rings. The number of carboxylic acids is 1. The Bertz CT molecular complexity index is 990. The molecule has 0 radical (unpaired) electrons. The van der Waals surface area contributed by atoms with E-state index in [2.05, 4.69) is 0 Å². The van der Waals surface area contributed by atoms with E-state index in [9.17, 15) is 23.6 Å². The lowest BCUT2D eigenvalue weighted by molar-refractivity contribution is -0.141. The van der Waals surface area contributed by atoms with Gasteiger partial charge in [0, 0.05) is 5.92 Å². The van der Waals surface area contributed by atoms with Gasteiger partial charge in [-0.3, -0.25) is 4.79 Å². The number of benzene rings is 2. The van der Waals surface area contributed by atoms with Crippen LogP contribution in [-0.4, -0.2) is 31.9 Å². The number of nitriles is 1. The minimum atomic E-state index is -3.99. The summed E-state index contributed by atoms with van der Waals surface area (Å²) in [5.41, 5.74) is -0.634. The number of aryl methyl sites for hydroxylation is 1. The van der Waals surface area contributed by atoms with Gasteiger partial charge in [-0.15, -0.1) is 0 Å². The first-order chi connectivity index (χ1) is 12.3. The fourth-order valence-corrected chi connectivity index (χ4v) is 5.59. The second-order valence-corrected chi connectivity index (χ2v) is 8.38. The normalized spacial score (nSPS) is 24.5. The van der Waals surface area contributed by atoms with E-state index in [4.69, 9.17) is 4.74 Å². The smallest absolute Gasteiger partial charge is 0.326 e. The third-order valence-corrected chi connectivity index (χ3v) is 7.07. The molecule has 0 amide bonds. The first-order valence-electron chi connectivity index (χ1n) is 7.88. The molecule has 1 aliphatic carbocycles. The Kier molecular flexibility index (Phi) is 4.24. The number of hydrogen-bond donors (Lipinski definition) is 1. The van der Waals surface area contributed by atoms with Gasteiger partial charge in [-0.25, -0.2) is 8.42 Å². The number of carboxylic acid groups (broad SMARTS) is 1. The van der Waals surface area contributed by atoms with Crippen molar-refractivity contribution in [3.63, 3.8) is 0 Å². The maximum atomic E-state index is 13.1. The van der Waals surface area contributed by atoms with Crippen molar-refractivity contribution in [1.29, 1.82) is 5.26 Å². The zero-order valence-corrected chi connectivity index (χ0v) is 15.0. The van der Waals surface area contributed by atoms with Gasteiger partial charge in [0.1, 0.15) is 11.0 Å². The lowest BCUT2D eigenvalue weighted by Crippen LogP contribution is -2.22. The molecule has 0 unspecified atom stereocenters. The molecule has 0 aromatic heterocycles. The van der Waals surface area contributed by atoms with E-state index in [-0.39, 0.29) is 4.90 Å². The van der Waals surface area contributed by atoms with E-state index in [0.29, 0.717) is 11.3 Å². The molecule has 7 heteroatoms. The summed E-state index contributed by atoms with van der Waals surface area (Å²) in [7, 11) is -2.50. The molecule has 0 bridgehead atoms. The Hall–Kier alpha value is -2.85. The van der Waals surface area contributed by atoms with Crippen LogP contribution in [0.2, 0.25) is 0 Å². The fraction of sp³-hybridized carbons (Fsp3) is 0.263. The number of aliphatic carboxylic acids is 1. The Balaban J connectivity index is 2.10. The molecule has 3 rings (SSSR count). The highest BCUT2D eigenvalue weighted by Crippen LogP contribution is 2.64. The van der Waals surface area contributed by atoms with Gasteiger partial charge in [-0.05, 0) is 36.8 Å². The molecular weight excluding hydrogens is 354 g/mol. The van der Waals surface area contributed by atoms with Crippen LogP contribution >= 0.6 is 0 Å². The van der Waals surface area contributed by atoms with Crippen LogP contribution in [0, 0.1) is 23.7 Å². The predicted molar refractivity (Wildman–Crippen MR) is 93.6 cm³/mol. The largest absolute Gasteiger partial charge is 0.497 e. The van der Waals surface area contributed by atoms with Crippen molar-refractivity contribution in [2.24, 2.45) is 5.41 Å². The summed E-state index contributed by atoms with van der Waals surface area (Å²) < 4.78 is 31.2. The van der Waals surface area contributed by atoms with Gasteiger partial charge < -0.3 is 9.84 Å². The minimum absolute atomic E-state index is 0.0185. The minimum Gasteiger partial charge on any atom is -0.497 e. The average molecular weight is 371 g/mol. The summed E-state index contributed by atoms with van der Waals surface area (Å²) in [5, 5.41) is 17.9. The van der Waals surface area contributed by atoms with Crippen LogP contribution in [0.3, 0.4) is 0 Å². The van der Waals surface area contributed by atoms with Crippen molar-refractivity contribution in [3.05, 3.63) is 59.7 Å². The van der Waals surface area contributed by atoms with E-state index in [0.717, 1.165) is 5.56 Å². The highest BCUT2D eigenvalue weighted by atomic mass is 32.2. The third kappa shape index (κ3) is 2.54. The highest BCUT2D eigenvalue weighted by molar-refractivity contribution is 7.92. The molecule has 1 saturated carbocycles. The number of methoxy groups -OCH3 is 1. The second kappa shape index (κ2) is 6.15. The van der Waals surface area contributed by atoms with Crippen molar-refractivity contribution >= 4 is 15.8 Å². The van der Waals surface area contributed by atoms with Crippen molar-refractivity contribution in [2.45, 2.75) is 23.0 Å². The topological polar surface area (TPSA) is 104 Å². The van der Waals surface area contributed by atoms with Crippen LogP contribution in [0.15, 0.2) is 53.4 Å². The Labute approximate surface area is 151 Å². The molecule has 1 fully saturated rings. The van der Waals surface area contributed by atoms with Crippen molar-refractivity contribution < 1.29 is 23.1 Å². The molecule has 2 aromatic carbocycles. The molecule has 1 aliphatic rings. The van der Waals surface area contributed by atoms with Crippen molar-refractivity contribution in [1.82, 2.24) is 0 Å². The first-order valence-corrected chi connectivity index (χ1v) is 9.43. The number of sulfone groups is 1. The summed E-state index contributed by atoms with van der Waals surface area (Å²) in [5.74, 6) is -1.81. The van der Waals surface area contributed by atoms with Crippen LogP contribution in [-0.2, 0) is 14.6 Å². The number of rotatable bonds is 5. The predicted octanol–water partition coefficient (Wildman–Crippen LogP) is 2.54. The summed E-state index contributed by atoms with van der Waals surface area (Å²) in [4.78, 5) is 11.9. The van der Waals surface area contributed by atoms with Crippen LogP contribution < -0.4 is 4.74 Å². The van der Waals surface area contributed by atoms with Gasteiger partial charge in [0.15, 0.2) is 15.3 Å². The van der Waals surface area contributed by atoms with E-state index < -0.39 is 32.4 Å². The summed E-state index contributed by atoms with van der Waals surface area (Å²) in [6.07, 6.45) is 0. The monoisotopic (exact) mass is 371 g/mol. The maximum Gasteiger partial charge on any atom is 0.326 e. The zero-order chi connectivity index (χ0) is 19.1. The molecule has 0 spiro atoms. The standard InChI is InChI=1S/C19H17NO5S/c1-12-3-9-15(10-4-12)26(23,24)17-16(19(17,11-20)18(21)22)13-5-7-14(25-2)8-6-13/h3-10,16-17H,1-2H3,(H,21,22)/t16-,17+,19-/m1/s1. The van der Waals surface area contributed by atoms with Crippen molar-refractivity contribution in [2.75, 3.05) is 7.11 Å². The van der Waals surface area contributed by atoms with Crippen LogP contribution in [0.25, 0.3) is 0 Å². The molecule has 1 N–H and O–H groups in total. The molecule has 6 nitrogen and oxygen atoms in total. The number of carbonyl (C=O) groups is 1. The maximum absolute atomic E-state index is 13.1. The molecule has 3 atom stereocenters. The van der Waals surface area contributed by atoms with Gasteiger partial charge >= 0.3 is 5.97 Å². The van der Waals surface area contributed by atoms with Gasteiger partial charge in [0.05, 0.1) is 18.1 Å². The highest BCUT2D eigenvalue weighted by Gasteiger charge is 2.77. The van der Waals surface area contributed by atoms with E-state index in [1.807, 2.05) is 6.92 Å². The lowest BCUT2D eigenvalue weighted by Gasteiger charge is -2.05. The molecular formula is C19H17NO5S. The van der Waals surface area contributed by atoms with Gasteiger partial charge in [0.25, 0.3) is 0 Å². The van der Waals surface area contributed by atoms with E-state index in [1.54, 1.807) is 42.5 Å². The Morgan fingerprint density at radius 1 is 1.15 bits per heavy atom. The molecule has 0 aliphatic heterocycles. The van der Waals surface area contributed by atoms with Gasteiger partial charge in [-0.1, -0.05) is 29.8 Å². The first kappa shape index (κ1) is 18.0. The zero-order valence-electron chi connectivity index (χ0n) is 14.2. The Morgan fingerprint density at radius 2 is 1.73 bits per heavy atom. The van der Waals surface area contributed by atoms with Gasteiger partial charge in [0.2, 0.25) is 0 Å². The number of ether oxygens (including phenoxy) is 1. The molecule has 134 valence electrons. The molecule has 26 heavy (non-hydrogen) atoms. The summed E-state index contributed by atoms with van der Waals surface area (Å²) in [6, 6.07) is 14.4. The third-order valence-electron chi connectivity index (χ3n) is 4.83. The lowest BCUT2D eigenvalue weighted by atomic mass is 10.0. The Morgan fingerprint density at radius 3 is 2.19 bits per heavy atom. The van der Waals surface area contributed by atoms with Gasteiger partial charge in [-0.2, -0.15) is 5.26 Å². The van der Waals surface area contributed by atoms with E-state index in [1.165, 1.54) is 19.2 Å².